The zero-order chi connectivity index (χ0) is 19.9. The molecule has 0 unspecified atom stereocenters. The van der Waals surface area contributed by atoms with Crippen LogP contribution in [0.1, 0.15) is 30.9 Å². The number of para-hydroxylation sites is 1. The average Bonchev–Trinajstić information content (AvgIpc) is 2.68. The molecule has 0 aromatic heterocycles. The van der Waals surface area contributed by atoms with Crippen molar-refractivity contribution in [3.63, 3.8) is 0 Å². The largest absolute Gasteiger partial charge is 0.493 e. The second kappa shape index (κ2) is 9.69. The fourth-order valence-corrected chi connectivity index (χ4v) is 3.65. The lowest BCUT2D eigenvalue weighted by atomic mass is 9.89. The molecule has 0 amide bonds. The van der Waals surface area contributed by atoms with Gasteiger partial charge in [-0.1, -0.05) is 24.3 Å². The molecule has 1 heterocycles. The highest BCUT2D eigenvalue weighted by molar-refractivity contribution is 5.71. The first-order chi connectivity index (χ1) is 13.5. The molecule has 3 rings (SSSR count). The topological polar surface area (TPSA) is 38.8 Å². The van der Waals surface area contributed by atoms with Gasteiger partial charge in [-0.05, 0) is 68.5 Å². The molecule has 1 aliphatic heterocycles. The van der Waals surface area contributed by atoms with Crippen molar-refractivity contribution in [3.8, 4) is 11.5 Å². The third-order valence-electron chi connectivity index (χ3n) is 5.14. The molecule has 149 valence electrons. The molecule has 0 aliphatic carbocycles. The van der Waals surface area contributed by atoms with Gasteiger partial charge in [-0.3, -0.25) is 4.79 Å². The molecule has 1 saturated heterocycles. The molecule has 0 atom stereocenters. The van der Waals surface area contributed by atoms with Crippen LogP contribution in [0.2, 0.25) is 0 Å². The number of carbonyl (C=O) groups is 1. The van der Waals surface area contributed by atoms with E-state index in [9.17, 15) is 9.18 Å². The molecular weight excluding hydrogens is 357 g/mol. The quantitative estimate of drug-likeness (QED) is 0.528. The number of halogens is 1. The molecular formula is C23H27FNO3. The van der Waals surface area contributed by atoms with Crippen LogP contribution in [0.4, 0.5) is 4.39 Å². The molecule has 0 spiro atoms. The summed E-state index contributed by atoms with van der Waals surface area (Å²) >= 11 is 0. The number of piperidine rings is 1. The number of carbonyl (C=O) groups excluding carboxylic acids is 1. The maximum Gasteiger partial charge on any atom is 0.308 e. The van der Waals surface area contributed by atoms with Gasteiger partial charge in [-0.15, -0.1) is 0 Å². The highest BCUT2D eigenvalue weighted by atomic mass is 19.1. The predicted molar refractivity (Wildman–Crippen MR) is 107 cm³/mol. The second-order valence-electron chi connectivity index (χ2n) is 7.19. The third kappa shape index (κ3) is 5.55. The summed E-state index contributed by atoms with van der Waals surface area (Å²) in [5.74, 6) is 0.985. The summed E-state index contributed by atoms with van der Waals surface area (Å²) in [6, 6.07) is 12.4. The van der Waals surface area contributed by atoms with Crippen molar-refractivity contribution in [1.82, 2.24) is 4.90 Å². The van der Waals surface area contributed by atoms with Gasteiger partial charge in [0.2, 0.25) is 0 Å². The Balaban J connectivity index is 1.51. The predicted octanol–water partition coefficient (Wildman–Crippen LogP) is 4.27. The molecule has 1 fully saturated rings. The zero-order valence-electron chi connectivity index (χ0n) is 16.5. The fourth-order valence-electron chi connectivity index (χ4n) is 3.65. The number of methoxy groups -OCH3 is 1. The van der Waals surface area contributed by atoms with Gasteiger partial charge in [0.25, 0.3) is 0 Å². The van der Waals surface area contributed by atoms with E-state index in [0.717, 1.165) is 44.5 Å². The van der Waals surface area contributed by atoms with E-state index in [1.54, 1.807) is 13.2 Å². The molecule has 1 aliphatic rings. The lowest BCUT2D eigenvalue weighted by Crippen LogP contribution is -2.35. The molecule has 0 N–H and O–H groups in total. The monoisotopic (exact) mass is 384 g/mol. The standard InChI is InChI=1S/C23H27FNO3/c1-17(26)28-22-5-3-4-20(23(22)27-2)16-19-11-14-25(15-12-19)13-10-18-6-8-21(24)9-7-18/h3-9,16,19H,10-15H2,1-2H3. The van der Waals surface area contributed by atoms with Gasteiger partial charge >= 0.3 is 5.97 Å². The fraction of sp³-hybridized carbons (Fsp3) is 0.391. The van der Waals surface area contributed by atoms with E-state index >= 15 is 0 Å². The third-order valence-corrected chi connectivity index (χ3v) is 5.14. The van der Waals surface area contributed by atoms with E-state index in [4.69, 9.17) is 9.47 Å². The van der Waals surface area contributed by atoms with Gasteiger partial charge in [-0.25, -0.2) is 4.39 Å². The van der Waals surface area contributed by atoms with Crippen molar-refractivity contribution in [3.05, 3.63) is 65.8 Å². The lowest BCUT2D eigenvalue weighted by molar-refractivity contribution is -0.132. The van der Waals surface area contributed by atoms with Crippen molar-refractivity contribution >= 4 is 5.97 Å². The Morgan fingerprint density at radius 3 is 2.54 bits per heavy atom. The summed E-state index contributed by atoms with van der Waals surface area (Å²) in [7, 11) is 1.59. The summed E-state index contributed by atoms with van der Waals surface area (Å²) in [5, 5.41) is 0. The van der Waals surface area contributed by atoms with Crippen molar-refractivity contribution in [2.45, 2.75) is 26.2 Å². The first-order valence-electron chi connectivity index (χ1n) is 9.72. The van der Waals surface area contributed by atoms with E-state index in [2.05, 4.69) is 11.3 Å². The number of ether oxygens (including phenoxy) is 2. The van der Waals surface area contributed by atoms with Gasteiger partial charge in [0.1, 0.15) is 5.82 Å². The Bertz CT molecular complexity index is 783. The van der Waals surface area contributed by atoms with Crippen LogP contribution >= 0.6 is 0 Å². The molecule has 0 saturated carbocycles. The van der Waals surface area contributed by atoms with Crippen molar-refractivity contribution < 1.29 is 18.7 Å². The smallest absolute Gasteiger partial charge is 0.308 e. The SMILES string of the molecule is COc1c([CH]C2CCN(CCc3ccc(F)cc3)CC2)cccc1OC(C)=O. The van der Waals surface area contributed by atoms with E-state index < -0.39 is 0 Å². The van der Waals surface area contributed by atoms with E-state index in [0.29, 0.717) is 17.4 Å². The number of hydrogen-bond acceptors (Lipinski definition) is 4. The lowest BCUT2D eigenvalue weighted by Gasteiger charge is -2.32. The van der Waals surface area contributed by atoms with Gasteiger partial charge < -0.3 is 14.4 Å². The summed E-state index contributed by atoms with van der Waals surface area (Å²) in [6.07, 6.45) is 5.31. The van der Waals surface area contributed by atoms with Gasteiger partial charge in [0.05, 0.1) is 7.11 Å². The Kier molecular flexibility index (Phi) is 7.04. The van der Waals surface area contributed by atoms with E-state index in [-0.39, 0.29) is 11.8 Å². The first kappa shape index (κ1) is 20.3. The van der Waals surface area contributed by atoms with Crippen LogP contribution in [0.5, 0.6) is 11.5 Å². The van der Waals surface area contributed by atoms with Crippen LogP contribution in [0.15, 0.2) is 42.5 Å². The Morgan fingerprint density at radius 1 is 1.18 bits per heavy atom. The normalized spacial score (nSPS) is 15.4. The molecule has 1 radical (unpaired) electrons. The number of benzene rings is 2. The number of hydrogen-bond donors (Lipinski definition) is 0. The maximum atomic E-state index is 13.0. The van der Waals surface area contributed by atoms with Crippen LogP contribution in [0.25, 0.3) is 0 Å². The summed E-state index contributed by atoms with van der Waals surface area (Å²) in [5.41, 5.74) is 2.13. The number of likely N-dealkylation sites (tertiary alicyclic amines) is 1. The van der Waals surface area contributed by atoms with Crippen LogP contribution in [0, 0.1) is 18.2 Å². The molecule has 2 aromatic carbocycles. The second-order valence-corrected chi connectivity index (χ2v) is 7.19. The minimum Gasteiger partial charge on any atom is -0.493 e. The first-order valence-corrected chi connectivity index (χ1v) is 9.72. The number of nitrogens with zero attached hydrogens (tertiary/aromatic N) is 1. The summed E-state index contributed by atoms with van der Waals surface area (Å²) in [4.78, 5) is 13.7. The van der Waals surface area contributed by atoms with Crippen LogP contribution in [-0.2, 0) is 11.2 Å². The van der Waals surface area contributed by atoms with Crippen LogP contribution in [-0.4, -0.2) is 37.6 Å². The molecule has 28 heavy (non-hydrogen) atoms. The van der Waals surface area contributed by atoms with E-state index in [1.165, 1.54) is 24.6 Å². The minimum absolute atomic E-state index is 0.187. The van der Waals surface area contributed by atoms with E-state index in [1.807, 2.05) is 24.3 Å². The molecule has 4 nitrogen and oxygen atoms in total. The Labute approximate surface area is 166 Å². The maximum absolute atomic E-state index is 13.0. The zero-order valence-corrected chi connectivity index (χ0v) is 16.5. The summed E-state index contributed by atoms with van der Waals surface area (Å²) in [6.45, 7) is 4.45. The molecule has 2 aromatic rings. The minimum atomic E-state index is -0.357. The average molecular weight is 384 g/mol. The number of rotatable bonds is 7. The van der Waals surface area contributed by atoms with Crippen molar-refractivity contribution in [2.24, 2.45) is 5.92 Å². The van der Waals surface area contributed by atoms with Crippen LogP contribution < -0.4 is 9.47 Å². The summed E-state index contributed by atoms with van der Waals surface area (Å²) < 4.78 is 23.7. The Hall–Kier alpha value is -2.40. The van der Waals surface area contributed by atoms with Crippen LogP contribution in [0.3, 0.4) is 0 Å². The highest BCUT2D eigenvalue weighted by Gasteiger charge is 2.22. The molecule has 0 bridgehead atoms. The van der Waals surface area contributed by atoms with Gasteiger partial charge in [0, 0.05) is 19.0 Å². The van der Waals surface area contributed by atoms with Gasteiger partial charge in [-0.2, -0.15) is 0 Å². The Morgan fingerprint density at radius 2 is 1.89 bits per heavy atom. The van der Waals surface area contributed by atoms with Gasteiger partial charge in [0.15, 0.2) is 11.5 Å². The number of esters is 1. The van der Waals surface area contributed by atoms with Crippen molar-refractivity contribution in [1.29, 1.82) is 0 Å². The van der Waals surface area contributed by atoms with Crippen molar-refractivity contribution in [2.75, 3.05) is 26.7 Å². The highest BCUT2D eigenvalue weighted by Crippen LogP contribution is 2.35. The molecule has 5 heteroatoms.